The van der Waals surface area contributed by atoms with Gasteiger partial charge in [-0.3, -0.25) is 14.6 Å². The molecule has 2 heterocycles. The van der Waals surface area contributed by atoms with E-state index in [1.165, 1.54) is 5.56 Å². The van der Waals surface area contributed by atoms with Crippen LogP contribution in [0, 0.1) is 19.8 Å². The van der Waals surface area contributed by atoms with E-state index in [1.807, 2.05) is 11.6 Å². The molecule has 2 N–H and O–H groups in total. The molecule has 0 bridgehead atoms. The molecule has 0 spiro atoms. The molecule has 1 atom stereocenters. The molecule has 29 heavy (non-hydrogen) atoms. The Balaban J connectivity index is 0.00000420. The van der Waals surface area contributed by atoms with Crippen molar-refractivity contribution in [1.29, 1.82) is 0 Å². The van der Waals surface area contributed by atoms with Gasteiger partial charge in [-0.05, 0) is 19.8 Å². The van der Waals surface area contributed by atoms with Gasteiger partial charge in [-0.15, -0.1) is 24.0 Å². The molecule has 1 aromatic rings. The first-order valence-electron chi connectivity index (χ1n) is 10.2. The number of nitrogens with zero attached hydrogens (tertiary/aromatic N) is 4. The summed E-state index contributed by atoms with van der Waals surface area (Å²) in [5.74, 6) is 1.46. The quantitative estimate of drug-likeness (QED) is 0.293. The fourth-order valence-corrected chi connectivity index (χ4v) is 3.57. The molecule has 0 amide bonds. The van der Waals surface area contributed by atoms with Gasteiger partial charge < -0.3 is 20.1 Å². The molecule has 1 aliphatic heterocycles. The van der Waals surface area contributed by atoms with Gasteiger partial charge in [-0.25, -0.2) is 0 Å². The highest BCUT2D eigenvalue weighted by molar-refractivity contribution is 14.0. The molecule has 1 aliphatic rings. The normalized spacial score (nSPS) is 18.0. The lowest BCUT2D eigenvalue weighted by molar-refractivity contribution is -0.0284. The van der Waals surface area contributed by atoms with E-state index in [0.29, 0.717) is 19.1 Å². The predicted molar refractivity (Wildman–Crippen MR) is 128 cm³/mol. The van der Waals surface area contributed by atoms with E-state index in [9.17, 15) is 0 Å². The van der Waals surface area contributed by atoms with Gasteiger partial charge in [0, 0.05) is 58.1 Å². The van der Waals surface area contributed by atoms with Crippen molar-refractivity contribution in [2.75, 3.05) is 53.6 Å². The summed E-state index contributed by atoms with van der Waals surface area (Å²) in [5, 5.41) is 11.4. The fraction of sp³-hybridized carbons (Fsp3) is 0.800. The average Bonchev–Trinajstić information content (AvgIpc) is 2.93. The Kier molecular flexibility index (Phi) is 12.1. The molecule has 8 nitrogen and oxygen atoms in total. The zero-order valence-corrected chi connectivity index (χ0v) is 21.2. The SMILES string of the molecule is CN=C(NCc1c(C)nn(CCOC)c1C)NCC1CN(CC(C)C)CCO1.I. The molecule has 168 valence electrons. The van der Waals surface area contributed by atoms with Crippen LogP contribution in [0.5, 0.6) is 0 Å². The number of hydrogen-bond acceptors (Lipinski definition) is 5. The van der Waals surface area contributed by atoms with E-state index in [0.717, 1.165) is 56.7 Å². The molecule has 0 saturated carbocycles. The van der Waals surface area contributed by atoms with Crippen LogP contribution in [-0.4, -0.2) is 80.3 Å². The van der Waals surface area contributed by atoms with Crippen molar-refractivity contribution in [3.8, 4) is 0 Å². The van der Waals surface area contributed by atoms with Crippen molar-refractivity contribution in [3.63, 3.8) is 0 Å². The van der Waals surface area contributed by atoms with E-state index in [-0.39, 0.29) is 30.1 Å². The Bertz CT molecular complexity index is 635. The Morgan fingerprint density at radius 2 is 2.10 bits per heavy atom. The summed E-state index contributed by atoms with van der Waals surface area (Å²) in [4.78, 5) is 6.83. The number of guanidine groups is 1. The summed E-state index contributed by atoms with van der Waals surface area (Å²) in [5.41, 5.74) is 3.41. The van der Waals surface area contributed by atoms with Crippen LogP contribution in [0.3, 0.4) is 0 Å². The van der Waals surface area contributed by atoms with Gasteiger partial charge in [0.15, 0.2) is 5.96 Å². The number of aryl methyl sites for hydroxylation is 1. The molecule has 1 saturated heterocycles. The van der Waals surface area contributed by atoms with Crippen molar-refractivity contribution in [2.45, 2.75) is 46.9 Å². The van der Waals surface area contributed by atoms with Crippen LogP contribution in [0.2, 0.25) is 0 Å². The third-order valence-corrected chi connectivity index (χ3v) is 5.04. The van der Waals surface area contributed by atoms with Crippen molar-refractivity contribution in [2.24, 2.45) is 10.9 Å². The molecule has 1 unspecified atom stereocenters. The van der Waals surface area contributed by atoms with Gasteiger partial charge in [-0.1, -0.05) is 13.8 Å². The summed E-state index contributed by atoms with van der Waals surface area (Å²) >= 11 is 0. The second-order valence-electron chi connectivity index (χ2n) is 7.82. The maximum atomic E-state index is 5.91. The van der Waals surface area contributed by atoms with Crippen LogP contribution in [0.4, 0.5) is 0 Å². The number of ether oxygens (including phenoxy) is 2. The molecular formula is C20H39IN6O2. The summed E-state index contributed by atoms with van der Waals surface area (Å²) in [6.45, 7) is 15.4. The Labute approximate surface area is 192 Å². The maximum absolute atomic E-state index is 5.91. The molecule has 0 aromatic carbocycles. The first-order chi connectivity index (χ1) is 13.4. The lowest BCUT2D eigenvalue weighted by Crippen LogP contribution is -2.50. The van der Waals surface area contributed by atoms with Crippen LogP contribution in [0.1, 0.15) is 30.8 Å². The fourth-order valence-electron chi connectivity index (χ4n) is 3.57. The van der Waals surface area contributed by atoms with Gasteiger partial charge in [-0.2, -0.15) is 5.10 Å². The first kappa shape index (κ1) is 26.1. The summed E-state index contributed by atoms with van der Waals surface area (Å²) < 4.78 is 13.1. The summed E-state index contributed by atoms with van der Waals surface area (Å²) in [6.07, 6.45) is 0.186. The van der Waals surface area contributed by atoms with Gasteiger partial charge in [0.1, 0.15) is 0 Å². The molecule has 2 rings (SSSR count). The third kappa shape index (κ3) is 8.39. The number of nitrogens with one attached hydrogen (secondary N) is 2. The molecule has 0 radical (unpaired) electrons. The van der Waals surface area contributed by atoms with Crippen molar-refractivity contribution in [1.82, 2.24) is 25.3 Å². The van der Waals surface area contributed by atoms with E-state index in [1.54, 1.807) is 14.2 Å². The lowest BCUT2D eigenvalue weighted by Gasteiger charge is -2.34. The monoisotopic (exact) mass is 522 g/mol. The number of aliphatic imine (C=N–C) groups is 1. The highest BCUT2D eigenvalue weighted by Gasteiger charge is 2.21. The number of halogens is 1. The van der Waals surface area contributed by atoms with Crippen molar-refractivity contribution >= 4 is 29.9 Å². The Hall–Kier alpha value is -0.910. The molecular weight excluding hydrogens is 483 g/mol. The average molecular weight is 522 g/mol. The molecule has 1 fully saturated rings. The Morgan fingerprint density at radius 1 is 1.34 bits per heavy atom. The number of aromatic nitrogens is 2. The van der Waals surface area contributed by atoms with Gasteiger partial charge >= 0.3 is 0 Å². The lowest BCUT2D eigenvalue weighted by atomic mass is 10.2. The van der Waals surface area contributed by atoms with E-state index in [4.69, 9.17) is 9.47 Å². The highest BCUT2D eigenvalue weighted by atomic mass is 127. The molecule has 9 heteroatoms. The van der Waals surface area contributed by atoms with Gasteiger partial charge in [0.25, 0.3) is 0 Å². The first-order valence-corrected chi connectivity index (χ1v) is 10.2. The van der Waals surface area contributed by atoms with Crippen LogP contribution < -0.4 is 10.6 Å². The molecule has 1 aromatic heterocycles. The molecule has 0 aliphatic carbocycles. The zero-order chi connectivity index (χ0) is 20.5. The van der Waals surface area contributed by atoms with Gasteiger partial charge in [0.2, 0.25) is 0 Å². The predicted octanol–water partition coefficient (Wildman–Crippen LogP) is 1.79. The summed E-state index contributed by atoms with van der Waals surface area (Å²) in [6, 6.07) is 0. The number of morpholine rings is 1. The number of methoxy groups -OCH3 is 1. The summed E-state index contributed by atoms with van der Waals surface area (Å²) in [7, 11) is 3.51. The highest BCUT2D eigenvalue weighted by Crippen LogP contribution is 2.13. The van der Waals surface area contributed by atoms with Crippen LogP contribution in [-0.2, 0) is 22.6 Å². The number of rotatable bonds is 9. The van der Waals surface area contributed by atoms with Crippen LogP contribution in [0.25, 0.3) is 0 Å². The topological polar surface area (TPSA) is 75.9 Å². The van der Waals surface area contributed by atoms with Crippen LogP contribution >= 0.6 is 24.0 Å². The second-order valence-corrected chi connectivity index (χ2v) is 7.82. The smallest absolute Gasteiger partial charge is 0.191 e. The van der Waals surface area contributed by atoms with Gasteiger partial charge in [0.05, 0.1) is 31.6 Å². The second kappa shape index (κ2) is 13.4. The standard InChI is InChI=1S/C20H38N6O2.HI/c1-15(2)13-25-7-10-28-18(14-25)11-22-20(21-5)23-12-19-16(3)24-26(17(19)4)8-9-27-6;/h15,18H,7-14H2,1-6H3,(H2,21,22,23);1H. The van der Waals surface area contributed by atoms with Crippen molar-refractivity contribution < 1.29 is 9.47 Å². The minimum atomic E-state index is 0. The number of hydrogen-bond donors (Lipinski definition) is 2. The van der Waals surface area contributed by atoms with E-state index in [2.05, 4.69) is 46.4 Å². The third-order valence-electron chi connectivity index (χ3n) is 5.04. The van der Waals surface area contributed by atoms with E-state index >= 15 is 0 Å². The maximum Gasteiger partial charge on any atom is 0.191 e. The van der Waals surface area contributed by atoms with Crippen LogP contribution in [0.15, 0.2) is 4.99 Å². The van der Waals surface area contributed by atoms with E-state index < -0.39 is 0 Å². The zero-order valence-electron chi connectivity index (χ0n) is 18.8. The minimum Gasteiger partial charge on any atom is -0.383 e. The largest absolute Gasteiger partial charge is 0.383 e. The Morgan fingerprint density at radius 3 is 2.76 bits per heavy atom. The minimum absolute atomic E-state index is 0. The van der Waals surface area contributed by atoms with Crippen molar-refractivity contribution in [3.05, 3.63) is 17.0 Å².